The highest BCUT2D eigenvalue weighted by atomic mass is 35.5. The van der Waals surface area contributed by atoms with Crippen molar-refractivity contribution in [3.63, 3.8) is 0 Å². The standard InChI is InChI=1S/C21H20ClF3N6O/c1-13-26-6-9-31(13)19-11-18(27-12-28-19)30-7-4-14(5-8-30)20(32)29-17-10-15(21(23,24)25)2-3-16(17)22/h2-3,6,9-12,14H,4-5,7-8H2,1H3,(H,29,32). The van der Waals surface area contributed by atoms with E-state index < -0.39 is 11.7 Å². The van der Waals surface area contributed by atoms with Crippen LogP contribution >= 0.6 is 11.6 Å². The Kier molecular flexibility index (Phi) is 6.05. The van der Waals surface area contributed by atoms with Crippen LogP contribution in [0.3, 0.4) is 0 Å². The molecule has 1 aromatic carbocycles. The van der Waals surface area contributed by atoms with E-state index in [4.69, 9.17) is 11.6 Å². The van der Waals surface area contributed by atoms with Crippen LogP contribution in [-0.2, 0) is 11.0 Å². The fraction of sp³-hybridized carbons (Fsp3) is 0.333. The molecule has 1 amide bonds. The zero-order valence-corrected chi connectivity index (χ0v) is 17.9. The third kappa shape index (κ3) is 4.69. The van der Waals surface area contributed by atoms with Crippen LogP contribution in [-0.4, -0.2) is 38.5 Å². The van der Waals surface area contributed by atoms with Crippen LogP contribution < -0.4 is 10.2 Å². The zero-order chi connectivity index (χ0) is 22.9. The van der Waals surface area contributed by atoms with E-state index >= 15 is 0 Å². The molecule has 4 rings (SSSR count). The quantitative estimate of drug-likeness (QED) is 0.615. The number of nitrogens with one attached hydrogen (secondary N) is 1. The molecule has 0 radical (unpaired) electrons. The number of alkyl halides is 3. The van der Waals surface area contributed by atoms with Gasteiger partial charge in [0.15, 0.2) is 0 Å². The number of hydrogen-bond acceptors (Lipinski definition) is 5. The van der Waals surface area contributed by atoms with Gasteiger partial charge in [0.05, 0.1) is 16.3 Å². The summed E-state index contributed by atoms with van der Waals surface area (Å²) >= 11 is 5.99. The molecule has 11 heteroatoms. The molecule has 1 N–H and O–H groups in total. The lowest BCUT2D eigenvalue weighted by atomic mass is 9.95. The summed E-state index contributed by atoms with van der Waals surface area (Å²) in [6, 6.07) is 4.74. The number of aryl methyl sites for hydroxylation is 1. The molecule has 3 aromatic rings. The summed E-state index contributed by atoms with van der Waals surface area (Å²) in [7, 11) is 0. The fourth-order valence-electron chi connectivity index (χ4n) is 3.66. The van der Waals surface area contributed by atoms with Crippen molar-refractivity contribution < 1.29 is 18.0 Å². The smallest absolute Gasteiger partial charge is 0.356 e. The third-order valence-corrected chi connectivity index (χ3v) is 5.78. The zero-order valence-electron chi connectivity index (χ0n) is 17.1. The van der Waals surface area contributed by atoms with E-state index in [1.165, 1.54) is 6.33 Å². The van der Waals surface area contributed by atoms with Gasteiger partial charge in [-0.05, 0) is 38.0 Å². The minimum atomic E-state index is -4.51. The summed E-state index contributed by atoms with van der Waals surface area (Å²) in [4.78, 5) is 27.5. The molecule has 0 spiro atoms. The molecular weight excluding hydrogens is 445 g/mol. The first kappa shape index (κ1) is 22.1. The second-order valence-corrected chi connectivity index (χ2v) is 7.93. The highest BCUT2D eigenvalue weighted by Gasteiger charge is 2.32. The first-order valence-corrected chi connectivity index (χ1v) is 10.3. The van der Waals surface area contributed by atoms with Gasteiger partial charge in [0.1, 0.15) is 23.8 Å². The van der Waals surface area contributed by atoms with Crippen molar-refractivity contribution in [2.24, 2.45) is 5.92 Å². The lowest BCUT2D eigenvalue weighted by Gasteiger charge is -2.32. The van der Waals surface area contributed by atoms with E-state index in [-0.39, 0.29) is 22.5 Å². The molecule has 1 saturated heterocycles. The Morgan fingerprint density at radius 3 is 2.50 bits per heavy atom. The number of amides is 1. The summed E-state index contributed by atoms with van der Waals surface area (Å²) in [6.45, 7) is 3.03. The maximum absolute atomic E-state index is 13.0. The monoisotopic (exact) mass is 464 g/mol. The number of carbonyl (C=O) groups is 1. The van der Waals surface area contributed by atoms with Gasteiger partial charge < -0.3 is 10.2 Å². The summed E-state index contributed by atoms with van der Waals surface area (Å²) in [6.07, 6.45) is 1.55. The van der Waals surface area contributed by atoms with Crippen LogP contribution in [0.5, 0.6) is 0 Å². The number of imidazole rings is 1. The average molecular weight is 465 g/mol. The predicted molar refractivity (Wildman–Crippen MR) is 114 cm³/mol. The van der Waals surface area contributed by atoms with E-state index in [1.807, 2.05) is 23.8 Å². The van der Waals surface area contributed by atoms with Gasteiger partial charge in [-0.25, -0.2) is 15.0 Å². The number of piperidine rings is 1. The normalized spacial score (nSPS) is 15.1. The molecule has 0 atom stereocenters. The number of benzene rings is 1. The van der Waals surface area contributed by atoms with Crippen LogP contribution in [0.25, 0.3) is 5.82 Å². The highest BCUT2D eigenvalue weighted by molar-refractivity contribution is 6.33. The van der Waals surface area contributed by atoms with E-state index in [9.17, 15) is 18.0 Å². The van der Waals surface area contributed by atoms with E-state index in [2.05, 4.69) is 25.2 Å². The molecular formula is C21H20ClF3N6O. The Hall–Kier alpha value is -3.14. The molecule has 2 aromatic heterocycles. The average Bonchev–Trinajstić information content (AvgIpc) is 3.20. The Balaban J connectivity index is 1.40. The molecule has 1 fully saturated rings. The van der Waals surface area contributed by atoms with Crippen LogP contribution in [0.2, 0.25) is 5.02 Å². The Labute approximate surface area is 187 Å². The lowest BCUT2D eigenvalue weighted by Crippen LogP contribution is -2.38. The van der Waals surface area contributed by atoms with Gasteiger partial charge in [-0.2, -0.15) is 13.2 Å². The Morgan fingerprint density at radius 1 is 1.12 bits per heavy atom. The van der Waals surface area contributed by atoms with Crippen molar-refractivity contribution in [3.05, 3.63) is 59.4 Å². The van der Waals surface area contributed by atoms with Gasteiger partial charge in [-0.15, -0.1) is 0 Å². The van der Waals surface area contributed by atoms with E-state index in [1.54, 1.807) is 6.20 Å². The Bertz CT molecular complexity index is 1120. The van der Waals surface area contributed by atoms with Crippen molar-refractivity contribution in [1.82, 2.24) is 19.5 Å². The summed E-state index contributed by atoms with van der Waals surface area (Å²) in [5.41, 5.74) is -0.898. The number of rotatable bonds is 4. The van der Waals surface area contributed by atoms with Gasteiger partial charge in [0.25, 0.3) is 0 Å². The van der Waals surface area contributed by atoms with Gasteiger partial charge in [0.2, 0.25) is 5.91 Å². The van der Waals surface area contributed by atoms with Crippen molar-refractivity contribution in [2.75, 3.05) is 23.3 Å². The van der Waals surface area contributed by atoms with Crippen molar-refractivity contribution >= 4 is 29.0 Å². The number of aromatic nitrogens is 4. The second kappa shape index (κ2) is 8.78. The summed E-state index contributed by atoms with van der Waals surface area (Å²) < 4.78 is 40.7. The van der Waals surface area contributed by atoms with Crippen molar-refractivity contribution in [2.45, 2.75) is 25.9 Å². The van der Waals surface area contributed by atoms with Gasteiger partial charge in [-0.1, -0.05) is 11.6 Å². The number of nitrogens with zero attached hydrogens (tertiary/aromatic N) is 5. The number of halogens is 4. The molecule has 0 unspecified atom stereocenters. The second-order valence-electron chi connectivity index (χ2n) is 7.52. The maximum atomic E-state index is 13.0. The summed E-state index contributed by atoms with van der Waals surface area (Å²) in [5, 5.41) is 2.62. The van der Waals surface area contributed by atoms with Gasteiger partial charge in [-0.3, -0.25) is 9.36 Å². The SMILES string of the molecule is Cc1nccn1-c1cc(N2CCC(C(=O)Nc3cc(C(F)(F)F)ccc3Cl)CC2)ncn1. The Morgan fingerprint density at radius 2 is 1.84 bits per heavy atom. The van der Waals surface area contributed by atoms with Crippen molar-refractivity contribution in [3.8, 4) is 5.82 Å². The molecule has 0 bridgehead atoms. The van der Waals surface area contributed by atoms with Crippen LogP contribution in [0.1, 0.15) is 24.2 Å². The molecule has 0 aliphatic carbocycles. The van der Waals surface area contributed by atoms with Crippen LogP contribution in [0.4, 0.5) is 24.7 Å². The van der Waals surface area contributed by atoms with Crippen LogP contribution in [0, 0.1) is 12.8 Å². The lowest BCUT2D eigenvalue weighted by molar-refractivity contribution is -0.137. The minimum Gasteiger partial charge on any atom is -0.356 e. The molecule has 3 heterocycles. The molecule has 1 aliphatic rings. The summed E-state index contributed by atoms with van der Waals surface area (Å²) in [5.74, 6) is 1.56. The number of hydrogen-bond donors (Lipinski definition) is 1. The first-order chi connectivity index (χ1) is 15.2. The number of carbonyl (C=O) groups excluding carboxylic acids is 1. The molecule has 0 saturated carbocycles. The van der Waals surface area contributed by atoms with Gasteiger partial charge >= 0.3 is 6.18 Å². The van der Waals surface area contributed by atoms with Crippen molar-refractivity contribution in [1.29, 1.82) is 0 Å². The molecule has 1 aliphatic heterocycles. The topological polar surface area (TPSA) is 75.9 Å². The molecule has 7 nitrogen and oxygen atoms in total. The van der Waals surface area contributed by atoms with Crippen LogP contribution in [0.15, 0.2) is 43.0 Å². The largest absolute Gasteiger partial charge is 0.416 e. The minimum absolute atomic E-state index is 0.0370. The maximum Gasteiger partial charge on any atom is 0.416 e. The van der Waals surface area contributed by atoms with E-state index in [0.29, 0.717) is 31.7 Å². The first-order valence-electron chi connectivity index (χ1n) is 9.97. The number of anilines is 2. The molecule has 32 heavy (non-hydrogen) atoms. The predicted octanol–water partition coefficient (Wildman–Crippen LogP) is 4.50. The van der Waals surface area contributed by atoms with Gasteiger partial charge in [0, 0.05) is 37.5 Å². The molecule has 168 valence electrons. The van der Waals surface area contributed by atoms with E-state index in [0.717, 1.165) is 29.8 Å². The fourth-order valence-corrected chi connectivity index (χ4v) is 3.83. The highest BCUT2D eigenvalue weighted by Crippen LogP contribution is 2.34. The third-order valence-electron chi connectivity index (χ3n) is 5.45.